The van der Waals surface area contributed by atoms with E-state index in [-0.39, 0.29) is 5.69 Å². The summed E-state index contributed by atoms with van der Waals surface area (Å²) in [5.74, 6) is -0.559. The van der Waals surface area contributed by atoms with E-state index in [1.54, 1.807) is 25.3 Å². The molecule has 2 aromatic heterocycles. The Hall–Kier alpha value is -2.17. The van der Waals surface area contributed by atoms with Crippen molar-refractivity contribution in [2.75, 3.05) is 0 Å². The number of nitrogens with one attached hydrogen (secondary N) is 1. The number of aryl methyl sites for hydroxylation is 1. The van der Waals surface area contributed by atoms with Gasteiger partial charge in [-0.05, 0) is 19.1 Å². The molecule has 0 aliphatic carbocycles. The van der Waals surface area contributed by atoms with E-state index in [1.165, 1.54) is 0 Å². The number of aromatic carboxylic acids is 1. The number of rotatable bonds is 2. The molecule has 0 saturated carbocycles. The van der Waals surface area contributed by atoms with Gasteiger partial charge >= 0.3 is 5.97 Å². The highest BCUT2D eigenvalue weighted by Gasteiger charge is 2.14. The lowest BCUT2D eigenvalue weighted by Gasteiger charge is -1.92. The Morgan fingerprint density at radius 3 is 2.80 bits per heavy atom. The van der Waals surface area contributed by atoms with Crippen LogP contribution in [-0.2, 0) is 0 Å². The Morgan fingerprint density at radius 1 is 1.47 bits per heavy atom. The summed E-state index contributed by atoms with van der Waals surface area (Å²) < 4.78 is 0. The molecule has 0 amide bonds. The summed E-state index contributed by atoms with van der Waals surface area (Å²) in [7, 11) is 0. The number of imidazole rings is 1. The normalized spacial score (nSPS) is 10.2. The number of carboxylic acid groups (broad SMARTS) is 1. The van der Waals surface area contributed by atoms with E-state index in [2.05, 4.69) is 15.0 Å². The molecule has 5 heteroatoms. The van der Waals surface area contributed by atoms with Crippen LogP contribution < -0.4 is 0 Å². The first-order valence-corrected chi connectivity index (χ1v) is 4.40. The fraction of sp³-hybridized carbons (Fsp3) is 0.100. The van der Waals surface area contributed by atoms with Gasteiger partial charge in [-0.1, -0.05) is 6.07 Å². The molecule has 2 rings (SSSR count). The van der Waals surface area contributed by atoms with Crippen LogP contribution in [0.15, 0.2) is 24.4 Å². The highest BCUT2D eigenvalue weighted by Crippen LogP contribution is 2.14. The lowest BCUT2D eigenvalue weighted by molar-refractivity contribution is 0.0690. The molecule has 5 nitrogen and oxygen atoms in total. The Morgan fingerprint density at radius 2 is 2.27 bits per heavy atom. The third-order valence-corrected chi connectivity index (χ3v) is 1.99. The predicted octanol–water partition coefficient (Wildman–Crippen LogP) is 1.48. The lowest BCUT2D eigenvalue weighted by atomic mass is 10.3. The Balaban J connectivity index is 2.48. The standard InChI is InChI=1S/C10H9N3O2/c1-6-8(10(14)15)13-9(12-6)7-4-2-3-5-11-7/h2-5H,1H3,(H,12,13)(H,14,15). The summed E-state index contributed by atoms with van der Waals surface area (Å²) >= 11 is 0. The van der Waals surface area contributed by atoms with E-state index in [1.807, 2.05) is 6.07 Å². The molecule has 2 heterocycles. The summed E-state index contributed by atoms with van der Waals surface area (Å²) in [6.45, 7) is 1.67. The van der Waals surface area contributed by atoms with Crippen LogP contribution in [0.3, 0.4) is 0 Å². The first kappa shape index (κ1) is 9.39. The average Bonchev–Trinajstić information content (AvgIpc) is 2.62. The molecule has 2 N–H and O–H groups in total. The number of carbonyl (C=O) groups is 1. The van der Waals surface area contributed by atoms with Gasteiger partial charge in [0.05, 0.1) is 0 Å². The van der Waals surface area contributed by atoms with E-state index in [4.69, 9.17) is 5.11 Å². The first-order chi connectivity index (χ1) is 7.18. The predicted molar refractivity (Wildman–Crippen MR) is 53.5 cm³/mol. The number of nitrogens with zero attached hydrogens (tertiary/aromatic N) is 2. The largest absolute Gasteiger partial charge is 0.476 e. The van der Waals surface area contributed by atoms with Crippen LogP contribution in [0.5, 0.6) is 0 Å². The molecule has 2 aromatic rings. The van der Waals surface area contributed by atoms with Gasteiger partial charge in [0.15, 0.2) is 11.5 Å². The van der Waals surface area contributed by atoms with Gasteiger partial charge in [0.1, 0.15) is 5.69 Å². The molecule has 15 heavy (non-hydrogen) atoms. The quantitative estimate of drug-likeness (QED) is 0.774. The molecule has 0 radical (unpaired) electrons. The van der Waals surface area contributed by atoms with Crippen molar-refractivity contribution in [1.82, 2.24) is 15.0 Å². The maximum Gasteiger partial charge on any atom is 0.356 e. The number of pyridine rings is 1. The molecule has 0 atom stereocenters. The summed E-state index contributed by atoms with van der Waals surface area (Å²) in [6, 6.07) is 5.38. The number of carboxylic acids is 1. The van der Waals surface area contributed by atoms with E-state index in [0.717, 1.165) is 0 Å². The zero-order chi connectivity index (χ0) is 10.8. The van der Waals surface area contributed by atoms with Crippen LogP contribution in [0.25, 0.3) is 11.5 Å². The maximum atomic E-state index is 10.8. The van der Waals surface area contributed by atoms with Gasteiger partial charge in [-0.25, -0.2) is 9.78 Å². The highest BCUT2D eigenvalue weighted by molar-refractivity contribution is 5.87. The van der Waals surface area contributed by atoms with Crippen molar-refractivity contribution in [3.05, 3.63) is 35.8 Å². The minimum atomic E-state index is -1.04. The second-order valence-electron chi connectivity index (χ2n) is 3.08. The Labute approximate surface area is 85.8 Å². The fourth-order valence-electron chi connectivity index (χ4n) is 1.29. The monoisotopic (exact) mass is 203 g/mol. The molecule has 0 spiro atoms. The molecular weight excluding hydrogens is 194 g/mol. The van der Waals surface area contributed by atoms with E-state index in [9.17, 15) is 4.79 Å². The second-order valence-corrected chi connectivity index (χ2v) is 3.08. The van der Waals surface area contributed by atoms with Crippen LogP contribution in [0, 0.1) is 6.92 Å². The summed E-state index contributed by atoms with van der Waals surface area (Å²) in [5.41, 5.74) is 1.20. The molecule has 0 unspecified atom stereocenters. The lowest BCUT2D eigenvalue weighted by Crippen LogP contribution is -1.98. The van der Waals surface area contributed by atoms with Crippen molar-refractivity contribution in [3.63, 3.8) is 0 Å². The SMILES string of the molecule is Cc1[nH]c(-c2ccccn2)nc1C(=O)O. The molecular formula is C10H9N3O2. The molecule has 0 aliphatic rings. The minimum absolute atomic E-state index is 0.0376. The number of H-pyrrole nitrogens is 1. The highest BCUT2D eigenvalue weighted by atomic mass is 16.4. The number of hydrogen-bond donors (Lipinski definition) is 2. The summed E-state index contributed by atoms with van der Waals surface area (Å²) in [6.07, 6.45) is 1.63. The van der Waals surface area contributed by atoms with Crippen molar-refractivity contribution in [1.29, 1.82) is 0 Å². The van der Waals surface area contributed by atoms with E-state index in [0.29, 0.717) is 17.2 Å². The van der Waals surface area contributed by atoms with Crippen molar-refractivity contribution >= 4 is 5.97 Å². The second kappa shape index (κ2) is 3.53. The molecule has 0 fully saturated rings. The van der Waals surface area contributed by atoms with E-state index >= 15 is 0 Å². The zero-order valence-corrected chi connectivity index (χ0v) is 8.06. The van der Waals surface area contributed by atoms with Gasteiger partial charge in [-0.3, -0.25) is 4.98 Å². The third-order valence-electron chi connectivity index (χ3n) is 1.99. The molecule has 0 bridgehead atoms. The van der Waals surface area contributed by atoms with Crippen molar-refractivity contribution < 1.29 is 9.90 Å². The average molecular weight is 203 g/mol. The van der Waals surface area contributed by atoms with Gasteiger partial charge in [-0.15, -0.1) is 0 Å². The van der Waals surface area contributed by atoms with Crippen LogP contribution in [0.4, 0.5) is 0 Å². The number of hydrogen-bond acceptors (Lipinski definition) is 3. The van der Waals surface area contributed by atoms with Gasteiger partial charge in [-0.2, -0.15) is 0 Å². The van der Waals surface area contributed by atoms with Crippen LogP contribution in [0.1, 0.15) is 16.2 Å². The van der Waals surface area contributed by atoms with Gasteiger partial charge in [0, 0.05) is 11.9 Å². The van der Waals surface area contributed by atoms with Crippen molar-refractivity contribution in [2.24, 2.45) is 0 Å². The van der Waals surface area contributed by atoms with Crippen LogP contribution >= 0.6 is 0 Å². The maximum absolute atomic E-state index is 10.8. The van der Waals surface area contributed by atoms with E-state index < -0.39 is 5.97 Å². The summed E-state index contributed by atoms with van der Waals surface area (Å²) in [4.78, 5) is 21.7. The molecule has 0 aliphatic heterocycles. The Kier molecular flexibility index (Phi) is 2.21. The third kappa shape index (κ3) is 1.71. The zero-order valence-electron chi connectivity index (χ0n) is 8.06. The number of aromatic amines is 1. The molecule has 0 aromatic carbocycles. The Bertz CT molecular complexity index is 491. The topological polar surface area (TPSA) is 78.9 Å². The fourth-order valence-corrected chi connectivity index (χ4v) is 1.29. The summed E-state index contributed by atoms with van der Waals surface area (Å²) in [5, 5.41) is 8.82. The van der Waals surface area contributed by atoms with Crippen molar-refractivity contribution in [2.45, 2.75) is 6.92 Å². The molecule has 76 valence electrons. The first-order valence-electron chi connectivity index (χ1n) is 4.40. The van der Waals surface area contributed by atoms with Crippen LogP contribution in [0.2, 0.25) is 0 Å². The van der Waals surface area contributed by atoms with Crippen molar-refractivity contribution in [3.8, 4) is 11.5 Å². The minimum Gasteiger partial charge on any atom is -0.476 e. The van der Waals surface area contributed by atoms with Gasteiger partial charge in [0.25, 0.3) is 0 Å². The van der Waals surface area contributed by atoms with Crippen LogP contribution in [-0.4, -0.2) is 26.0 Å². The van der Waals surface area contributed by atoms with Gasteiger partial charge in [0.2, 0.25) is 0 Å². The number of aromatic nitrogens is 3. The smallest absolute Gasteiger partial charge is 0.356 e. The molecule has 0 saturated heterocycles. The van der Waals surface area contributed by atoms with Gasteiger partial charge < -0.3 is 10.1 Å².